The lowest BCUT2D eigenvalue weighted by molar-refractivity contribution is 0.653. The van der Waals surface area contributed by atoms with Crippen LogP contribution in [0.2, 0.25) is 5.28 Å². The number of hydrogen-bond acceptors (Lipinski definition) is 3. The summed E-state index contributed by atoms with van der Waals surface area (Å²) in [6.07, 6.45) is 0. The molecule has 0 fully saturated rings. The van der Waals surface area contributed by atoms with Gasteiger partial charge in [0.05, 0.1) is 11.1 Å². The molecule has 0 aliphatic heterocycles. The van der Waals surface area contributed by atoms with E-state index in [1.807, 2.05) is 36.4 Å². The summed E-state index contributed by atoms with van der Waals surface area (Å²) < 4.78 is 6.85. The van der Waals surface area contributed by atoms with E-state index in [9.17, 15) is 0 Å². The first-order valence-corrected chi connectivity index (χ1v) is 9.57. The van der Waals surface area contributed by atoms with Crippen molar-refractivity contribution in [1.82, 2.24) is 9.97 Å². The molecule has 0 N–H and O–H groups in total. The van der Waals surface area contributed by atoms with Crippen LogP contribution in [-0.4, -0.2) is 9.97 Å². The first kappa shape index (κ1) is 16.5. The number of fused-ring (bicyclic) bond motifs is 3. The molecule has 3 nitrogen and oxygen atoms in total. The van der Waals surface area contributed by atoms with Gasteiger partial charge in [0.1, 0.15) is 5.58 Å². The molecule has 0 unspecified atom stereocenters. The average Bonchev–Trinajstić information content (AvgIpc) is 3.05. The number of rotatable bonds is 2. The number of hydrogen-bond donors (Lipinski definition) is 0. The highest BCUT2D eigenvalue weighted by Crippen LogP contribution is 2.36. The Balaban J connectivity index is 1.71. The van der Waals surface area contributed by atoms with Gasteiger partial charge in [0.25, 0.3) is 0 Å². The standard InChI is InChI=1S/C22H12BrClN2O/c23-16-10-11-17-18(12-16)27-21-19(17)20(25-22(24)26-21)15-8-6-14(7-9-15)13-4-2-1-3-5-13/h1-12H. The largest absolute Gasteiger partial charge is 0.437 e. The Morgan fingerprint density at radius 2 is 1.48 bits per heavy atom. The number of benzene rings is 3. The molecule has 0 atom stereocenters. The number of halogens is 2. The van der Waals surface area contributed by atoms with Gasteiger partial charge in [0.15, 0.2) is 0 Å². The SMILES string of the molecule is Clc1nc(-c2ccc(-c3ccccc3)cc2)c2c(n1)oc1cc(Br)ccc12. The predicted molar refractivity (Wildman–Crippen MR) is 113 cm³/mol. The zero-order valence-electron chi connectivity index (χ0n) is 14.0. The van der Waals surface area contributed by atoms with E-state index >= 15 is 0 Å². The maximum Gasteiger partial charge on any atom is 0.232 e. The van der Waals surface area contributed by atoms with Crippen molar-refractivity contribution in [3.05, 3.63) is 82.6 Å². The number of furan rings is 1. The maximum absolute atomic E-state index is 6.17. The van der Waals surface area contributed by atoms with E-state index in [0.717, 1.165) is 37.6 Å². The lowest BCUT2D eigenvalue weighted by Gasteiger charge is -2.06. The van der Waals surface area contributed by atoms with E-state index in [2.05, 4.69) is 62.3 Å². The van der Waals surface area contributed by atoms with Gasteiger partial charge in [-0.1, -0.05) is 70.5 Å². The molecule has 5 aromatic rings. The van der Waals surface area contributed by atoms with Crippen LogP contribution in [0.1, 0.15) is 0 Å². The van der Waals surface area contributed by atoms with Crippen molar-refractivity contribution in [2.75, 3.05) is 0 Å². The van der Waals surface area contributed by atoms with Crippen LogP contribution in [0, 0.1) is 0 Å². The molecule has 5 rings (SSSR count). The first-order valence-electron chi connectivity index (χ1n) is 8.40. The topological polar surface area (TPSA) is 38.9 Å². The second-order valence-corrected chi connectivity index (χ2v) is 7.46. The van der Waals surface area contributed by atoms with Crippen LogP contribution in [0.3, 0.4) is 0 Å². The predicted octanol–water partition coefficient (Wildman–Crippen LogP) is 7.13. The molecule has 0 saturated carbocycles. The summed E-state index contributed by atoms with van der Waals surface area (Å²) in [4.78, 5) is 8.77. The molecule has 0 aliphatic rings. The molecular weight excluding hydrogens is 424 g/mol. The van der Waals surface area contributed by atoms with Crippen LogP contribution in [0.15, 0.2) is 81.7 Å². The Bertz CT molecular complexity index is 1280. The van der Waals surface area contributed by atoms with Gasteiger partial charge in [-0.3, -0.25) is 0 Å². The molecule has 2 aromatic heterocycles. The smallest absolute Gasteiger partial charge is 0.232 e. The molecule has 0 bridgehead atoms. The minimum Gasteiger partial charge on any atom is -0.437 e. The van der Waals surface area contributed by atoms with Gasteiger partial charge in [0, 0.05) is 15.4 Å². The summed E-state index contributed by atoms with van der Waals surface area (Å²) in [5.74, 6) is 0. The van der Waals surface area contributed by atoms with Crippen LogP contribution < -0.4 is 0 Å². The van der Waals surface area contributed by atoms with Crippen molar-refractivity contribution in [2.45, 2.75) is 0 Å². The highest BCUT2D eigenvalue weighted by molar-refractivity contribution is 9.10. The van der Waals surface area contributed by atoms with Crippen molar-refractivity contribution in [3.63, 3.8) is 0 Å². The summed E-state index contributed by atoms with van der Waals surface area (Å²) in [6, 6.07) is 24.5. The van der Waals surface area contributed by atoms with Gasteiger partial charge in [-0.05, 0) is 40.9 Å². The molecule has 0 aliphatic carbocycles. The van der Waals surface area contributed by atoms with Gasteiger partial charge in [-0.25, -0.2) is 4.98 Å². The van der Waals surface area contributed by atoms with Crippen LogP contribution in [0.4, 0.5) is 0 Å². The normalized spacial score (nSPS) is 11.3. The zero-order valence-corrected chi connectivity index (χ0v) is 16.3. The number of nitrogens with zero attached hydrogens (tertiary/aromatic N) is 2. The second-order valence-electron chi connectivity index (χ2n) is 6.21. The fourth-order valence-corrected chi connectivity index (χ4v) is 3.78. The number of aromatic nitrogens is 2. The minimum absolute atomic E-state index is 0.169. The Morgan fingerprint density at radius 3 is 2.26 bits per heavy atom. The molecule has 0 radical (unpaired) electrons. The lowest BCUT2D eigenvalue weighted by atomic mass is 10.0. The highest BCUT2D eigenvalue weighted by atomic mass is 79.9. The van der Waals surface area contributed by atoms with Gasteiger partial charge in [-0.2, -0.15) is 4.98 Å². The third kappa shape index (κ3) is 2.91. The maximum atomic E-state index is 6.17. The van der Waals surface area contributed by atoms with E-state index in [-0.39, 0.29) is 5.28 Å². The molecule has 2 heterocycles. The quantitative estimate of drug-likeness (QED) is 0.277. The van der Waals surface area contributed by atoms with Crippen LogP contribution in [-0.2, 0) is 0 Å². The Morgan fingerprint density at radius 1 is 0.778 bits per heavy atom. The van der Waals surface area contributed by atoms with Gasteiger partial charge in [0.2, 0.25) is 11.0 Å². The Kier molecular flexibility index (Phi) is 3.96. The van der Waals surface area contributed by atoms with E-state index in [1.54, 1.807) is 0 Å². The lowest BCUT2D eigenvalue weighted by Crippen LogP contribution is -1.89. The summed E-state index contributed by atoms with van der Waals surface area (Å²) in [6.45, 7) is 0. The van der Waals surface area contributed by atoms with Crippen LogP contribution in [0.25, 0.3) is 44.5 Å². The van der Waals surface area contributed by atoms with E-state index < -0.39 is 0 Å². The summed E-state index contributed by atoms with van der Waals surface area (Å²) in [5, 5.41) is 2.00. The van der Waals surface area contributed by atoms with Crippen molar-refractivity contribution in [3.8, 4) is 22.4 Å². The molecule has 0 saturated heterocycles. The van der Waals surface area contributed by atoms with Crippen LogP contribution in [0.5, 0.6) is 0 Å². The molecule has 5 heteroatoms. The minimum atomic E-state index is 0.169. The summed E-state index contributed by atoms with van der Waals surface area (Å²) in [5.41, 5.74) is 5.30. The van der Waals surface area contributed by atoms with Crippen molar-refractivity contribution in [1.29, 1.82) is 0 Å². The van der Waals surface area contributed by atoms with Gasteiger partial charge in [-0.15, -0.1) is 0 Å². The summed E-state index contributed by atoms with van der Waals surface area (Å²) >= 11 is 9.64. The molecular formula is C22H12BrClN2O. The zero-order chi connectivity index (χ0) is 18.4. The van der Waals surface area contributed by atoms with E-state index in [0.29, 0.717) is 5.71 Å². The third-order valence-electron chi connectivity index (χ3n) is 4.53. The van der Waals surface area contributed by atoms with E-state index in [1.165, 1.54) is 5.56 Å². The summed E-state index contributed by atoms with van der Waals surface area (Å²) in [7, 11) is 0. The fourth-order valence-electron chi connectivity index (χ4n) is 3.28. The molecule has 0 spiro atoms. The fraction of sp³-hybridized carbons (Fsp3) is 0. The monoisotopic (exact) mass is 434 g/mol. The Hall–Kier alpha value is -2.69. The highest BCUT2D eigenvalue weighted by Gasteiger charge is 2.17. The van der Waals surface area contributed by atoms with Gasteiger partial charge >= 0.3 is 0 Å². The van der Waals surface area contributed by atoms with Gasteiger partial charge < -0.3 is 4.42 Å². The molecule has 130 valence electrons. The molecule has 3 aromatic carbocycles. The Labute approximate surface area is 168 Å². The van der Waals surface area contributed by atoms with E-state index in [4.69, 9.17) is 16.0 Å². The average molecular weight is 436 g/mol. The third-order valence-corrected chi connectivity index (χ3v) is 5.20. The van der Waals surface area contributed by atoms with Crippen molar-refractivity contribution >= 4 is 49.6 Å². The van der Waals surface area contributed by atoms with Crippen molar-refractivity contribution in [2.24, 2.45) is 0 Å². The molecule has 27 heavy (non-hydrogen) atoms. The van der Waals surface area contributed by atoms with Crippen molar-refractivity contribution < 1.29 is 4.42 Å². The first-order chi connectivity index (χ1) is 13.2. The second kappa shape index (κ2) is 6.48. The molecule has 0 amide bonds. The van der Waals surface area contributed by atoms with Crippen LogP contribution >= 0.6 is 27.5 Å².